The van der Waals surface area contributed by atoms with Crippen molar-refractivity contribution in [3.8, 4) is 11.8 Å². The van der Waals surface area contributed by atoms with Crippen LogP contribution in [0.2, 0.25) is 0 Å². The Morgan fingerprint density at radius 1 is 1.53 bits per heavy atom. The van der Waals surface area contributed by atoms with E-state index in [1.807, 2.05) is 20.2 Å². The maximum Gasteiger partial charge on any atom is 0.136 e. The van der Waals surface area contributed by atoms with Crippen LogP contribution in [0, 0.1) is 11.3 Å². The van der Waals surface area contributed by atoms with Gasteiger partial charge in [0.1, 0.15) is 17.4 Å². The summed E-state index contributed by atoms with van der Waals surface area (Å²) in [4.78, 5) is 5.84. The number of benzene rings is 1. The molecule has 1 N–H and O–H groups in total. The number of nitriles is 1. The minimum atomic E-state index is -0.0715. The Morgan fingerprint density at radius 3 is 2.73 bits per heavy atom. The van der Waals surface area contributed by atoms with Gasteiger partial charge in [0, 0.05) is 18.6 Å². The Bertz CT molecular complexity index is 435. The number of nitrogens with zero attached hydrogens (tertiary/aromatic N) is 3. The normalized spacial score (nSPS) is 10.3. The summed E-state index contributed by atoms with van der Waals surface area (Å²) in [6.07, 6.45) is 1.57. The van der Waals surface area contributed by atoms with Gasteiger partial charge < -0.3 is 10.0 Å². The van der Waals surface area contributed by atoms with Gasteiger partial charge in [-0.15, -0.1) is 0 Å². The second-order valence-corrected chi connectivity index (χ2v) is 4.05. The van der Waals surface area contributed by atoms with Crippen LogP contribution < -0.4 is 0 Å². The average Bonchev–Trinajstić information content (AvgIpc) is 2.13. The molecule has 0 heterocycles. The van der Waals surface area contributed by atoms with Crippen LogP contribution in [0.1, 0.15) is 5.56 Å². The first-order valence-electron chi connectivity index (χ1n) is 4.18. The predicted octanol–water partition coefficient (Wildman–Crippen LogP) is 2.25. The van der Waals surface area contributed by atoms with E-state index in [9.17, 15) is 5.11 Å². The van der Waals surface area contributed by atoms with Gasteiger partial charge in [0.15, 0.2) is 0 Å². The van der Waals surface area contributed by atoms with Gasteiger partial charge in [-0.05, 0) is 12.1 Å². The van der Waals surface area contributed by atoms with Gasteiger partial charge in [-0.3, -0.25) is 0 Å². The lowest BCUT2D eigenvalue weighted by Gasteiger charge is -2.05. The smallest absolute Gasteiger partial charge is 0.136 e. The number of aromatic hydroxyl groups is 1. The zero-order valence-electron chi connectivity index (χ0n) is 8.40. The van der Waals surface area contributed by atoms with Crippen molar-refractivity contribution in [2.75, 3.05) is 14.1 Å². The number of halogens is 1. The molecule has 0 radical (unpaired) electrons. The van der Waals surface area contributed by atoms with Gasteiger partial charge in [-0.1, -0.05) is 15.9 Å². The molecule has 0 aromatic heterocycles. The van der Waals surface area contributed by atoms with Crippen LogP contribution in [0.5, 0.6) is 5.75 Å². The standard InChI is InChI=1S/C10H10BrN3O/c1-14(2)6-13-9-3-7(11)4-10(15)8(9)5-12/h3-4,6,15H,1-2H3/b13-6+. The first kappa shape index (κ1) is 11.5. The minimum absolute atomic E-state index is 0.0715. The minimum Gasteiger partial charge on any atom is -0.506 e. The SMILES string of the molecule is CN(C)/C=N/c1cc(Br)cc(O)c1C#N. The summed E-state index contributed by atoms with van der Waals surface area (Å²) in [5.41, 5.74) is 0.620. The van der Waals surface area contributed by atoms with E-state index in [1.165, 1.54) is 6.07 Å². The van der Waals surface area contributed by atoms with E-state index in [1.54, 1.807) is 17.3 Å². The zero-order valence-corrected chi connectivity index (χ0v) is 9.98. The molecule has 15 heavy (non-hydrogen) atoms. The van der Waals surface area contributed by atoms with Gasteiger partial charge in [0.25, 0.3) is 0 Å². The van der Waals surface area contributed by atoms with Crippen LogP contribution in [-0.4, -0.2) is 30.4 Å². The lowest BCUT2D eigenvalue weighted by Crippen LogP contribution is -2.07. The Kier molecular flexibility index (Phi) is 3.69. The number of rotatable bonds is 2. The number of aliphatic imine (C=N–C) groups is 1. The molecular weight excluding hydrogens is 258 g/mol. The highest BCUT2D eigenvalue weighted by molar-refractivity contribution is 9.10. The largest absolute Gasteiger partial charge is 0.506 e. The van der Waals surface area contributed by atoms with E-state index in [2.05, 4.69) is 20.9 Å². The fourth-order valence-corrected chi connectivity index (χ4v) is 1.41. The highest BCUT2D eigenvalue weighted by atomic mass is 79.9. The van der Waals surface area contributed by atoms with Crippen LogP contribution >= 0.6 is 15.9 Å². The molecular formula is C10H10BrN3O. The molecule has 78 valence electrons. The molecule has 0 saturated carbocycles. The van der Waals surface area contributed by atoms with E-state index in [0.717, 1.165) is 0 Å². The molecule has 0 aliphatic heterocycles. The number of hydrogen-bond acceptors (Lipinski definition) is 3. The topological polar surface area (TPSA) is 59.6 Å². The Morgan fingerprint density at radius 2 is 2.20 bits per heavy atom. The first-order valence-corrected chi connectivity index (χ1v) is 4.97. The summed E-state index contributed by atoms with van der Waals surface area (Å²) in [6, 6.07) is 5.06. The van der Waals surface area contributed by atoms with E-state index in [-0.39, 0.29) is 11.3 Å². The Hall–Kier alpha value is -1.54. The molecule has 1 aromatic rings. The van der Waals surface area contributed by atoms with Crippen molar-refractivity contribution in [2.24, 2.45) is 4.99 Å². The molecule has 1 rings (SSSR count). The maximum absolute atomic E-state index is 9.50. The van der Waals surface area contributed by atoms with Crippen LogP contribution in [0.3, 0.4) is 0 Å². The summed E-state index contributed by atoms with van der Waals surface area (Å²) in [6.45, 7) is 0. The van der Waals surface area contributed by atoms with Crippen molar-refractivity contribution >= 4 is 28.0 Å². The van der Waals surface area contributed by atoms with Gasteiger partial charge in [0.2, 0.25) is 0 Å². The average molecular weight is 268 g/mol. The number of phenols is 1. The summed E-state index contributed by atoms with van der Waals surface area (Å²) >= 11 is 3.23. The van der Waals surface area contributed by atoms with Gasteiger partial charge in [-0.25, -0.2) is 4.99 Å². The second-order valence-electron chi connectivity index (χ2n) is 3.14. The van der Waals surface area contributed by atoms with Crippen molar-refractivity contribution in [2.45, 2.75) is 0 Å². The molecule has 1 aromatic carbocycles. The molecule has 0 aliphatic rings. The summed E-state index contributed by atoms with van der Waals surface area (Å²) in [5.74, 6) is -0.0715. The van der Waals surface area contributed by atoms with E-state index in [4.69, 9.17) is 5.26 Å². The molecule has 0 bridgehead atoms. The lowest BCUT2D eigenvalue weighted by molar-refractivity contribution is 0.473. The fourth-order valence-electron chi connectivity index (χ4n) is 0.972. The summed E-state index contributed by atoms with van der Waals surface area (Å²) in [5, 5.41) is 18.3. The molecule has 0 unspecified atom stereocenters. The van der Waals surface area contributed by atoms with Gasteiger partial charge in [0.05, 0.1) is 12.0 Å². The number of phenolic OH excluding ortho intramolecular Hbond substituents is 1. The van der Waals surface area contributed by atoms with Crippen LogP contribution in [0.4, 0.5) is 5.69 Å². The Labute approximate surface area is 96.6 Å². The van der Waals surface area contributed by atoms with Crippen molar-refractivity contribution in [1.82, 2.24) is 4.90 Å². The quantitative estimate of drug-likeness (QED) is 0.661. The molecule has 5 heteroatoms. The molecule has 0 aliphatic carbocycles. The number of hydrogen-bond donors (Lipinski definition) is 1. The van der Waals surface area contributed by atoms with Crippen LogP contribution in [0.25, 0.3) is 0 Å². The van der Waals surface area contributed by atoms with E-state index >= 15 is 0 Å². The highest BCUT2D eigenvalue weighted by Crippen LogP contribution is 2.31. The first-order chi connectivity index (χ1) is 7.04. The molecule has 0 saturated heterocycles. The lowest BCUT2D eigenvalue weighted by atomic mass is 10.2. The third kappa shape index (κ3) is 2.96. The van der Waals surface area contributed by atoms with Crippen LogP contribution in [0.15, 0.2) is 21.6 Å². The highest BCUT2D eigenvalue weighted by Gasteiger charge is 2.07. The van der Waals surface area contributed by atoms with E-state index < -0.39 is 0 Å². The summed E-state index contributed by atoms with van der Waals surface area (Å²) < 4.78 is 0.685. The predicted molar refractivity (Wildman–Crippen MR) is 62.4 cm³/mol. The van der Waals surface area contributed by atoms with Crippen molar-refractivity contribution < 1.29 is 5.11 Å². The second kappa shape index (κ2) is 4.80. The maximum atomic E-state index is 9.50. The van der Waals surface area contributed by atoms with Crippen molar-refractivity contribution in [3.63, 3.8) is 0 Å². The van der Waals surface area contributed by atoms with Crippen molar-refractivity contribution in [3.05, 3.63) is 22.2 Å². The van der Waals surface area contributed by atoms with Gasteiger partial charge in [-0.2, -0.15) is 5.26 Å². The summed E-state index contributed by atoms with van der Waals surface area (Å²) in [7, 11) is 3.65. The molecule has 0 atom stereocenters. The molecule has 4 nitrogen and oxygen atoms in total. The monoisotopic (exact) mass is 267 g/mol. The third-order valence-electron chi connectivity index (χ3n) is 1.60. The molecule has 0 fully saturated rings. The Balaban J connectivity index is 3.22. The third-order valence-corrected chi connectivity index (χ3v) is 2.06. The molecule has 0 amide bonds. The van der Waals surface area contributed by atoms with Crippen molar-refractivity contribution in [1.29, 1.82) is 5.26 Å². The van der Waals surface area contributed by atoms with Gasteiger partial charge >= 0.3 is 0 Å². The van der Waals surface area contributed by atoms with Crippen LogP contribution in [-0.2, 0) is 0 Å². The fraction of sp³-hybridized carbons (Fsp3) is 0.200. The van der Waals surface area contributed by atoms with E-state index in [0.29, 0.717) is 10.2 Å². The molecule has 0 spiro atoms. The zero-order chi connectivity index (χ0) is 11.4.